The Morgan fingerprint density at radius 3 is 2.62 bits per heavy atom. The van der Waals surface area contributed by atoms with Gasteiger partial charge >= 0.3 is 5.97 Å². The summed E-state index contributed by atoms with van der Waals surface area (Å²) in [6, 6.07) is 2.87. The van der Waals surface area contributed by atoms with Crippen molar-refractivity contribution in [3.8, 4) is 11.5 Å². The minimum atomic E-state index is -1.01. The predicted octanol–water partition coefficient (Wildman–Crippen LogP) is 0.836. The SMILES string of the molecule is COc1cc(O)cc(C)c1C(CN)C(=O)O. The van der Waals surface area contributed by atoms with Crippen LogP contribution in [0.4, 0.5) is 0 Å². The normalized spacial score (nSPS) is 12.2. The number of benzene rings is 1. The fourth-order valence-corrected chi connectivity index (χ4v) is 1.71. The lowest BCUT2D eigenvalue weighted by Crippen LogP contribution is -2.22. The highest BCUT2D eigenvalue weighted by Gasteiger charge is 2.24. The van der Waals surface area contributed by atoms with E-state index >= 15 is 0 Å². The van der Waals surface area contributed by atoms with Crippen molar-refractivity contribution in [3.63, 3.8) is 0 Å². The number of ether oxygens (including phenoxy) is 1. The fourth-order valence-electron chi connectivity index (χ4n) is 1.71. The first-order valence-electron chi connectivity index (χ1n) is 4.81. The number of phenolic OH excluding ortho intramolecular Hbond substituents is 1. The Hall–Kier alpha value is -1.75. The quantitative estimate of drug-likeness (QED) is 0.706. The molecule has 5 nitrogen and oxygen atoms in total. The average molecular weight is 225 g/mol. The number of methoxy groups -OCH3 is 1. The summed E-state index contributed by atoms with van der Waals surface area (Å²) < 4.78 is 5.06. The Morgan fingerprint density at radius 1 is 1.56 bits per heavy atom. The average Bonchev–Trinajstić information content (AvgIpc) is 2.21. The van der Waals surface area contributed by atoms with E-state index in [1.54, 1.807) is 6.92 Å². The van der Waals surface area contributed by atoms with Crippen LogP contribution in [0.5, 0.6) is 11.5 Å². The number of hydrogen-bond acceptors (Lipinski definition) is 4. The molecule has 1 aromatic rings. The molecule has 0 aliphatic heterocycles. The zero-order valence-electron chi connectivity index (χ0n) is 9.23. The van der Waals surface area contributed by atoms with E-state index in [0.717, 1.165) is 0 Å². The van der Waals surface area contributed by atoms with Gasteiger partial charge in [0.15, 0.2) is 0 Å². The molecule has 0 aliphatic carbocycles. The van der Waals surface area contributed by atoms with Gasteiger partial charge in [0.1, 0.15) is 11.5 Å². The van der Waals surface area contributed by atoms with Crippen LogP contribution < -0.4 is 10.5 Å². The van der Waals surface area contributed by atoms with Crippen LogP contribution >= 0.6 is 0 Å². The standard InChI is InChI=1S/C11H15NO4/c1-6-3-7(13)4-9(16-2)10(6)8(5-12)11(14)15/h3-4,8,13H,5,12H2,1-2H3,(H,14,15). The largest absolute Gasteiger partial charge is 0.508 e. The number of carboxylic acids is 1. The van der Waals surface area contributed by atoms with Crippen molar-refractivity contribution < 1.29 is 19.7 Å². The highest BCUT2D eigenvalue weighted by molar-refractivity contribution is 5.78. The minimum absolute atomic E-state index is 0.0166. The maximum atomic E-state index is 11.0. The molecule has 0 aliphatic rings. The van der Waals surface area contributed by atoms with Crippen molar-refractivity contribution in [1.29, 1.82) is 0 Å². The number of rotatable bonds is 4. The first-order chi connectivity index (χ1) is 7.51. The van der Waals surface area contributed by atoms with Gasteiger partial charge in [0.05, 0.1) is 13.0 Å². The summed E-state index contributed by atoms with van der Waals surface area (Å²) in [7, 11) is 1.42. The van der Waals surface area contributed by atoms with E-state index in [1.807, 2.05) is 0 Å². The fraction of sp³-hybridized carbons (Fsp3) is 0.364. The van der Waals surface area contributed by atoms with E-state index < -0.39 is 11.9 Å². The molecule has 88 valence electrons. The topological polar surface area (TPSA) is 92.8 Å². The van der Waals surface area contributed by atoms with Crippen molar-refractivity contribution in [2.75, 3.05) is 13.7 Å². The van der Waals surface area contributed by atoms with Crippen molar-refractivity contribution in [2.45, 2.75) is 12.8 Å². The monoisotopic (exact) mass is 225 g/mol. The van der Waals surface area contributed by atoms with Gasteiger partial charge in [0.2, 0.25) is 0 Å². The molecule has 1 unspecified atom stereocenters. The van der Waals surface area contributed by atoms with Crippen molar-refractivity contribution in [3.05, 3.63) is 23.3 Å². The maximum Gasteiger partial charge on any atom is 0.312 e. The van der Waals surface area contributed by atoms with E-state index in [2.05, 4.69) is 0 Å². The second-order valence-electron chi connectivity index (χ2n) is 3.51. The van der Waals surface area contributed by atoms with Gasteiger partial charge in [-0.15, -0.1) is 0 Å². The van der Waals surface area contributed by atoms with Gasteiger partial charge in [0.25, 0.3) is 0 Å². The van der Waals surface area contributed by atoms with Crippen LogP contribution in [-0.2, 0) is 4.79 Å². The van der Waals surface area contributed by atoms with Crippen LogP contribution in [-0.4, -0.2) is 29.8 Å². The number of aliphatic carboxylic acids is 1. The van der Waals surface area contributed by atoms with Crippen LogP contribution in [0, 0.1) is 6.92 Å². The highest BCUT2D eigenvalue weighted by Crippen LogP contribution is 2.33. The van der Waals surface area contributed by atoms with Gasteiger partial charge in [-0.2, -0.15) is 0 Å². The van der Waals surface area contributed by atoms with E-state index in [-0.39, 0.29) is 12.3 Å². The maximum absolute atomic E-state index is 11.0. The van der Waals surface area contributed by atoms with Gasteiger partial charge in [0, 0.05) is 18.2 Å². The second kappa shape index (κ2) is 4.85. The number of aryl methyl sites for hydroxylation is 1. The molecule has 1 rings (SSSR count). The Bertz CT molecular complexity index is 403. The summed E-state index contributed by atoms with van der Waals surface area (Å²) in [5, 5.41) is 18.4. The third-order valence-electron chi connectivity index (χ3n) is 2.44. The number of phenols is 1. The third kappa shape index (κ3) is 2.25. The smallest absolute Gasteiger partial charge is 0.312 e. The van der Waals surface area contributed by atoms with Crippen LogP contribution in [0.3, 0.4) is 0 Å². The molecule has 0 fully saturated rings. The molecule has 5 heteroatoms. The molecular formula is C11H15NO4. The van der Waals surface area contributed by atoms with Gasteiger partial charge in [-0.1, -0.05) is 0 Å². The second-order valence-corrected chi connectivity index (χ2v) is 3.51. The Morgan fingerprint density at radius 2 is 2.19 bits per heavy atom. The molecule has 1 atom stereocenters. The van der Waals surface area contributed by atoms with Crippen molar-refractivity contribution in [1.82, 2.24) is 0 Å². The number of aromatic hydroxyl groups is 1. The number of hydrogen-bond donors (Lipinski definition) is 3. The number of carbonyl (C=O) groups is 1. The summed E-state index contributed by atoms with van der Waals surface area (Å²) in [4.78, 5) is 11.0. The lowest BCUT2D eigenvalue weighted by Gasteiger charge is -2.17. The lowest BCUT2D eigenvalue weighted by atomic mass is 9.93. The molecular weight excluding hydrogens is 210 g/mol. The molecule has 0 amide bonds. The molecule has 1 aromatic carbocycles. The van der Waals surface area contributed by atoms with E-state index in [9.17, 15) is 9.90 Å². The number of nitrogens with two attached hydrogens (primary N) is 1. The van der Waals surface area contributed by atoms with Crippen LogP contribution in [0.2, 0.25) is 0 Å². The van der Waals surface area contributed by atoms with Gasteiger partial charge in [-0.25, -0.2) is 0 Å². The zero-order valence-corrected chi connectivity index (χ0v) is 9.23. The van der Waals surface area contributed by atoms with E-state index in [4.69, 9.17) is 15.6 Å². The minimum Gasteiger partial charge on any atom is -0.508 e. The molecule has 0 saturated carbocycles. The molecule has 0 radical (unpaired) electrons. The molecule has 0 heterocycles. The summed E-state index contributed by atoms with van der Waals surface area (Å²) in [6.07, 6.45) is 0. The van der Waals surface area contributed by atoms with Gasteiger partial charge in [-0.3, -0.25) is 4.79 Å². The molecule has 4 N–H and O–H groups in total. The predicted molar refractivity (Wildman–Crippen MR) is 58.8 cm³/mol. The molecule has 16 heavy (non-hydrogen) atoms. The van der Waals surface area contributed by atoms with Gasteiger partial charge < -0.3 is 20.7 Å². The van der Waals surface area contributed by atoms with Crippen LogP contribution in [0.25, 0.3) is 0 Å². The molecule has 0 saturated heterocycles. The van der Waals surface area contributed by atoms with Crippen molar-refractivity contribution >= 4 is 5.97 Å². The Balaban J connectivity index is 3.35. The number of carboxylic acid groups (broad SMARTS) is 1. The summed E-state index contributed by atoms with van der Waals surface area (Å²) in [5.74, 6) is -1.44. The van der Waals surface area contributed by atoms with E-state index in [1.165, 1.54) is 19.2 Å². The third-order valence-corrected chi connectivity index (χ3v) is 2.44. The van der Waals surface area contributed by atoms with Crippen LogP contribution in [0.15, 0.2) is 12.1 Å². The van der Waals surface area contributed by atoms with E-state index in [0.29, 0.717) is 16.9 Å². The Labute approximate surface area is 93.5 Å². The first kappa shape index (κ1) is 12.3. The zero-order chi connectivity index (χ0) is 12.3. The summed E-state index contributed by atoms with van der Waals surface area (Å²) in [5.41, 5.74) is 6.59. The summed E-state index contributed by atoms with van der Waals surface area (Å²) >= 11 is 0. The molecule has 0 bridgehead atoms. The van der Waals surface area contributed by atoms with Crippen molar-refractivity contribution in [2.24, 2.45) is 5.73 Å². The summed E-state index contributed by atoms with van der Waals surface area (Å²) in [6.45, 7) is 1.69. The van der Waals surface area contributed by atoms with Gasteiger partial charge in [-0.05, 0) is 18.6 Å². The lowest BCUT2D eigenvalue weighted by molar-refractivity contribution is -0.138. The molecule has 0 spiro atoms. The highest BCUT2D eigenvalue weighted by atomic mass is 16.5. The Kier molecular flexibility index (Phi) is 3.73. The molecule has 0 aromatic heterocycles. The first-order valence-corrected chi connectivity index (χ1v) is 4.81. The van der Waals surface area contributed by atoms with Crippen LogP contribution in [0.1, 0.15) is 17.0 Å².